The predicted octanol–water partition coefficient (Wildman–Crippen LogP) is 5.61. The highest BCUT2D eigenvalue weighted by atomic mass is 35.5. The molecule has 0 fully saturated rings. The fourth-order valence-electron chi connectivity index (χ4n) is 2.71. The fourth-order valence-corrected chi connectivity index (χ4v) is 3.10. The van der Waals surface area contributed by atoms with Crippen LogP contribution in [0.5, 0.6) is 0 Å². The highest BCUT2D eigenvalue weighted by molar-refractivity contribution is 6.28. The Labute approximate surface area is 131 Å². The van der Waals surface area contributed by atoms with Gasteiger partial charge in [-0.25, -0.2) is 0 Å². The van der Waals surface area contributed by atoms with Crippen molar-refractivity contribution in [1.82, 2.24) is 0 Å². The van der Waals surface area contributed by atoms with Crippen molar-refractivity contribution in [2.24, 2.45) is 0 Å². The Kier molecular flexibility index (Phi) is 4.08. The number of alkyl halides is 1. The normalized spacial score (nSPS) is 14.6. The van der Waals surface area contributed by atoms with Crippen LogP contribution >= 0.6 is 11.6 Å². The summed E-state index contributed by atoms with van der Waals surface area (Å²) in [5.74, 6) is 0. The predicted molar refractivity (Wildman–Crippen MR) is 90.5 cm³/mol. The van der Waals surface area contributed by atoms with E-state index in [-0.39, 0.29) is 0 Å². The summed E-state index contributed by atoms with van der Waals surface area (Å²) in [4.78, 5) is -0.623. The summed E-state index contributed by atoms with van der Waals surface area (Å²) in [6.07, 6.45) is 11.3. The third-order valence-electron chi connectivity index (χ3n) is 3.78. The molecule has 21 heavy (non-hydrogen) atoms. The Balaban J connectivity index is 2.18. The van der Waals surface area contributed by atoms with Crippen LogP contribution in [0.3, 0.4) is 0 Å². The number of benzene rings is 2. The van der Waals surface area contributed by atoms with Crippen molar-refractivity contribution in [3.8, 4) is 0 Å². The van der Waals surface area contributed by atoms with Gasteiger partial charge in [0.15, 0.2) is 0 Å². The summed E-state index contributed by atoms with van der Waals surface area (Å²) in [5, 5.41) is 0. The lowest BCUT2D eigenvalue weighted by Gasteiger charge is -2.31. The quantitative estimate of drug-likeness (QED) is 0.645. The monoisotopic (exact) mass is 292 g/mol. The summed E-state index contributed by atoms with van der Waals surface area (Å²) in [6, 6.07) is 20.6. The average Bonchev–Trinajstić information content (AvgIpc) is 2.85. The zero-order valence-electron chi connectivity index (χ0n) is 11.7. The SMILES string of the molecule is ClC(C1=CC=CC=CC1)(c1ccccc1)c1ccccc1. The van der Waals surface area contributed by atoms with Gasteiger partial charge in [-0.1, -0.05) is 91.0 Å². The molecule has 0 atom stereocenters. The van der Waals surface area contributed by atoms with Gasteiger partial charge in [0.25, 0.3) is 0 Å². The largest absolute Gasteiger partial charge is 0.116 e. The summed E-state index contributed by atoms with van der Waals surface area (Å²) in [5.41, 5.74) is 3.40. The Morgan fingerprint density at radius 1 is 0.714 bits per heavy atom. The van der Waals surface area contributed by atoms with Crippen molar-refractivity contribution in [2.45, 2.75) is 11.3 Å². The van der Waals surface area contributed by atoms with Gasteiger partial charge < -0.3 is 0 Å². The van der Waals surface area contributed by atoms with Gasteiger partial charge in [0.2, 0.25) is 0 Å². The zero-order valence-corrected chi connectivity index (χ0v) is 12.5. The molecular formula is C20H17Cl. The van der Waals surface area contributed by atoms with Crippen molar-refractivity contribution in [3.05, 3.63) is 108 Å². The minimum atomic E-state index is -0.623. The zero-order chi connectivity index (χ0) is 14.5. The van der Waals surface area contributed by atoms with Gasteiger partial charge in [0, 0.05) is 0 Å². The van der Waals surface area contributed by atoms with E-state index in [1.807, 2.05) is 42.5 Å². The number of hydrogen-bond donors (Lipinski definition) is 0. The van der Waals surface area contributed by atoms with E-state index in [9.17, 15) is 0 Å². The van der Waals surface area contributed by atoms with Crippen LogP contribution in [-0.4, -0.2) is 0 Å². The fraction of sp³-hybridized carbons (Fsp3) is 0.100. The Bertz CT molecular complexity index is 639. The highest BCUT2D eigenvalue weighted by Gasteiger charge is 2.35. The molecule has 1 aliphatic carbocycles. The lowest BCUT2D eigenvalue weighted by molar-refractivity contribution is 0.825. The molecule has 2 aromatic carbocycles. The van der Waals surface area contributed by atoms with E-state index in [0.717, 1.165) is 17.5 Å². The van der Waals surface area contributed by atoms with Gasteiger partial charge in [-0.05, 0) is 23.1 Å². The first-order valence-corrected chi connectivity index (χ1v) is 7.52. The molecule has 104 valence electrons. The van der Waals surface area contributed by atoms with Gasteiger partial charge >= 0.3 is 0 Å². The summed E-state index contributed by atoms with van der Waals surface area (Å²) >= 11 is 7.21. The first-order valence-electron chi connectivity index (χ1n) is 7.14. The van der Waals surface area contributed by atoms with E-state index < -0.39 is 4.87 Å². The van der Waals surface area contributed by atoms with Crippen LogP contribution in [0.25, 0.3) is 0 Å². The van der Waals surface area contributed by atoms with Crippen LogP contribution in [-0.2, 0) is 4.87 Å². The highest BCUT2D eigenvalue weighted by Crippen LogP contribution is 2.44. The van der Waals surface area contributed by atoms with E-state index in [0.29, 0.717) is 0 Å². The molecule has 2 aromatic rings. The number of allylic oxidation sites excluding steroid dienone is 6. The van der Waals surface area contributed by atoms with E-state index in [4.69, 9.17) is 11.6 Å². The third-order valence-corrected chi connectivity index (χ3v) is 4.46. The van der Waals surface area contributed by atoms with Crippen LogP contribution in [0.1, 0.15) is 17.5 Å². The summed E-state index contributed by atoms with van der Waals surface area (Å²) < 4.78 is 0. The lowest BCUT2D eigenvalue weighted by atomic mass is 9.82. The molecule has 0 bridgehead atoms. The molecule has 0 saturated carbocycles. The van der Waals surface area contributed by atoms with Gasteiger partial charge in [-0.3, -0.25) is 0 Å². The molecule has 3 rings (SSSR count). The second-order valence-electron chi connectivity index (χ2n) is 5.10. The molecule has 1 aliphatic rings. The Morgan fingerprint density at radius 3 is 1.86 bits per heavy atom. The van der Waals surface area contributed by atoms with Crippen molar-refractivity contribution >= 4 is 11.6 Å². The molecule has 0 heterocycles. The molecule has 0 unspecified atom stereocenters. The molecule has 0 saturated heterocycles. The number of hydrogen-bond acceptors (Lipinski definition) is 0. The van der Waals surface area contributed by atoms with Crippen molar-refractivity contribution < 1.29 is 0 Å². The van der Waals surface area contributed by atoms with Crippen LogP contribution in [0, 0.1) is 0 Å². The van der Waals surface area contributed by atoms with E-state index in [2.05, 4.69) is 48.6 Å². The minimum absolute atomic E-state index is 0.623. The standard InChI is InChI=1S/C20H17Cl/c21-20(18-13-7-3-8-14-18,19-15-9-4-10-16-19)17-11-5-1-2-6-12-17/h1-11,13-16H,12H2. The number of rotatable bonds is 3. The minimum Gasteiger partial charge on any atom is -0.104 e. The first-order chi connectivity index (χ1) is 10.3. The van der Waals surface area contributed by atoms with E-state index >= 15 is 0 Å². The van der Waals surface area contributed by atoms with Gasteiger partial charge in [-0.2, -0.15) is 0 Å². The number of halogens is 1. The summed E-state index contributed by atoms with van der Waals surface area (Å²) in [7, 11) is 0. The molecule has 0 nitrogen and oxygen atoms in total. The smallest absolute Gasteiger partial charge is 0.104 e. The maximum atomic E-state index is 7.21. The maximum absolute atomic E-state index is 7.21. The van der Waals surface area contributed by atoms with Crippen LogP contribution in [0.4, 0.5) is 0 Å². The second kappa shape index (κ2) is 6.15. The summed E-state index contributed by atoms with van der Waals surface area (Å²) in [6.45, 7) is 0. The maximum Gasteiger partial charge on any atom is 0.116 e. The van der Waals surface area contributed by atoms with Crippen molar-refractivity contribution in [2.75, 3.05) is 0 Å². The molecule has 0 aliphatic heterocycles. The van der Waals surface area contributed by atoms with Crippen LogP contribution in [0.15, 0.2) is 96.6 Å². The third kappa shape index (κ3) is 2.72. The molecule has 0 spiro atoms. The molecule has 0 N–H and O–H groups in total. The van der Waals surface area contributed by atoms with Gasteiger partial charge in [0.1, 0.15) is 4.87 Å². The first kappa shape index (κ1) is 13.9. The van der Waals surface area contributed by atoms with Crippen molar-refractivity contribution in [1.29, 1.82) is 0 Å². The Morgan fingerprint density at radius 2 is 1.29 bits per heavy atom. The van der Waals surface area contributed by atoms with Crippen LogP contribution in [0.2, 0.25) is 0 Å². The second-order valence-corrected chi connectivity index (χ2v) is 5.67. The molecule has 0 radical (unpaired) electrons. The molecule has 1 heteroatoms. The van der Waals surface area contributed by atoms with Gasteiger partial charge in [0.05, 0.1) is 0 Å². The van der Waals surface area contributed by atoms with Crippen LogP contribution < -0.4 is 0 Å². The van der Waals surface area contributed by atoms with Crippen molar-refractivity contribution in [3.63, 3.8) is 0 Å². The topological polar surface area (TPSA) is 0 Å². The van der Waals surface area contributed by atoms with E-state index in [1.165, 1.54) is 5.57 Å². The van der Waals surface area contributed by atoms with E-state index in [1.54, 1.807) is 0 Å². The lowest BCUT2D eigenvalue weighted by Crippen LogP contribution is -2.23. The average molecular weight is 293 g/mol. The molecule has 0 aromatic heterocycles. The molecule has 0 amide bonds. The van der Waals surface area contributed by atoms with Gasteiger partial charge in [-0.15, -0.1) is 11.6 Å². The Hall–Kier alpha value is -2.05. The molecular weight excluding hydrogens is 276 g/mol.